The quantitative estimate of drug-likeness (QED) is 0.627. The van der Waals surface area contributed by atoms with Crippen molar-refractivity contribution in [2.24, 2.45) is 0 Å². The van der Waals surface area contributed by atoms with Crippen molar-refractivity contribution in [1.29, 1.82) is 0 Å². The predicted molar refractivity (Wildman–Crippen MR) is 87.6 cm³/mol. The van der Waals surface area contributed by atoms with Crippen molar-refractivity contribution in [3.63, 3.8) is 0 Å². The van der Waals surface area contributed by atoms with Crippen molar-refractivity contribution in [2.75, 3.05) is 13.7 Å². The molecule has 5 heteroatoms. The Bertz CT molecular complexity index is 655. The summed E-state index contributed by atoms with van der Waals surface area (Å²) in [6.07, 6.45) is 2.93. The largest absolute Gasteiger partial charge is 0.497 e. The number of nitrogens with zero attached hydrogens (tertiary/aromatic N) is 1. The lowest BCUT2D eigenvalue weighted by molar-refractivity contribution is -0.140. The zero-order chi connectivity index (χ0) is 15.6. The molecule has 0 fully saturated rings. The zero-order valence-corrected chi connectivity index (χ0v) is 14.4. The van der Waals surface area contributed by atoms with Gasteiger partial charge in [0.15, 0.2) is 8.24 Å². The summed E-state index contributed by atoms with van der Waals surface area (Å²) in [5.74, 6) is 0.617. The standard InChI is InChI=1S/C16H23NO3Si/c1-12(18)20-9-8-13-11-17(21(3,4)5)16-7-6-14(19-2)10-15(13)16/h6-7,10-11H,8-9H2,1-5H3. The summed E-state index contributed by atoms with van der Waals surface area (Å²) in [7, 11) is 0.178. The Hall–Kier alpha value is -1.75. The number of rotatable bonds is 5. The van der Waals surface area contributed by atoms with Crippen LogP contribution in [0.15, 0.2) is 24.4 Å². The second-order valence-electron chi connectivity index (χ2n) is 6.17. The Morgan fingerprint density at radius 2 is 2.00 bits per heavy atom. The molecular weight excluding hydrogens is 282 g/mol. The molecule has 4 nitrogen and oxygen atoms in total. The molecule has 0 amide bonds. The first-order chi connectivity index (χ1) is 9.82. The Morgan fingerprint density at radius 3 is 2.57 bits per heavy atom. The van der Waals surface area contributed by atoms with E-state index in [1.807, 2.05) is 6.07 Å². The lowest BCUT2D eigenvalue weighted by atomic mass is 10.1. The number of carbonyl (C=O) groups is 1. The Labute approximate surface area is 126 Å². The molecule has 0 N–H and O–H groups in total. The number of benzene rings is 1. The van der Waals surface area contributed by atoms with E-state index in [9.17, 15) is 4.79 Å². The number of aromatic nitrogens is 1. The Morgan fingerprint density at radius 1 is 1.29 bits per heavy atom. The van der Waals surface area contributed by atoms with Crippen LogP contribution in [0, 0.1) is 0 Å². The maximum atomic E-state index is 10.9. The van der Waals surface area contributed by atoms with Crippen LogP contribution in [-0.4, -0.2) is 32.2 Å². The topological polar surface area (TPSA) is 40.5 Å². The molecule has 1 aromatic carbocycles. The average molecular weight is 305 g/mol. The number of ether oxygens (including phenoxy) is 2. The van der Waals surface area contributed by atoms with Gasteiger partial charge in [-0.3, -0.25) is 4.79 Å². The summed E-state index contributed by atoms with van der Waals surface area (Å²) < 4.78 is 12.8. The number of methoxy groups -OCH3 is 1. The molecule has 0 bridgehead atoms. The van der Waals surface area contributed by atoms with Crippen molar-refractivity contribution in [1.82, 2.24) is 4.23 Å². The van der Waals surface area contributed by atoms with E-state index in [2.05, 4.69) is 42.2 Å². The maximum absolute atomic E-state index is 10.9. The van der Waals surface area contributed by atoms with Crippen molar-refractivity contribution in [3.8, 4) is 5.75 Å². The van der Waals surface area contributed by atoms with Gasteiger partial charge in [-0.15, -0.1) is 0 Å². The molecule has 2 rings (SSSR count). The van der Waals surface area contributed by atoms with Crippen LogP contribution < -0.4 is 4.74 Å². The summed E-state index contributed by atoms with van der Waals surface area (Å²) in [4.78, 5) is 10.9. The highest BCUT2D eigenvalue weighted by molar-refractivity contribution is 6.75. The third-order valence-corrected chi connectivity index (χ3v) is 5.31. The van der Waals surface area contributed by atoms with E-state index in [1.54, 1.807) is 7.11 Å². The summed E-state index contributed by atoms with van der Waals surface area (Å²) in [5, 5.41) is 1.18. The van der Waals surface area contributed by atoms with E-state index in [0.717, 1.165) is 12.2 Å². The van der Waals surface area contributed by atoms with Crippen LogP contribution in [0.2, 0.25) is 19.6 Å². The Balaban J connectivity index is 2.45. The number of hydrogen-bond donors (Lipinski definition) is 0. The number of fused-ring (bicyclic) bond motifs is 1. The molecule has 0 saturated heterocycles. The minimum absolute atomic E-state index is 0.235. The molecule has 0 radical (unpaired) electrons. The third-order valence-electron chi connectivity index (χ3n) is 3.49. The molecule has 0 spiro atoms. The summed E-state index contributed by atoms with van der Waals surface area (Å²) in [6, 6.07) is 6.17. The maximum Gasteiger partial charge on any atom is 0.302 e. The monoisotopic (exact) mass is 305 g/mol. The molecule has 21 heavy (non-hydrogen) atoms. The van der Waals surface area contributed by atoms with Crippen molar-refractivity contribution < 1.29 is 14.3 Å². The fourth-order valence-electron chi connectivity index (χ4n) is 2.46. The van der Waals surface area contributed by atoms with E-state index in [1.165, 1.54) is 23.4 Å². The highest BCUT2D eigenvalue weighted by Gasteiger charge is 2.20. The molecular formula is C16H23NO3Si. The molecule has 0 aliphatic carbocycles. The van der Waals surface area contributed by atoms with Gasteiger partial charge in [-0.1, -0.05) is 19.6 Å². The van der Waals surface area contributed by atoms with Crippen molar-refractivity contribution in [3.05, 3.63) is 30.0 Å². The summed E-state index contributed by atoms with van der Waals surface area (Å²) in [6.45, 7) is 8.79. The number of carbonyl (C=O) groups excluding carboxylic acids is 1. The molecule has 2 aromatic rings. The van der Waals surface area contributed by atoms with Crippen LogP contribution in [0.1, 0.15) is 12.5 Å². The van der Waals surface area contributed by atoms with Crippen LogP contribution in [0.5, 0.6) is 5.75 Å². The van der Waals surface area contributed by atoms with E-state index in [0.29, 0.717) is 6.61 Å². The zero-order valence-electron chi connectivity index (χ0n) is 13.4. The predicted octanol–water partition coefficient (Wildman–Crippen LogP) is 3.44. The fraction of sp³-hybridized carbons (Fsp3) is 0.438. The highest BCUT2D eigenvalue weighted by Crippen LogP contribution is 2.28. The van der Waals surface area contributed by atoms with Crippen LogP contribution in [0.25, 0.3) is 10.9 Å². The second kappa shape index (κ2) is 5.93. The second-order valence-corrected chi connectivity index (χ2v) is 11.0. The number of esters is 1. The van der Waals surface area contributed by atoms with Crippen LogP contribution in [0.4, 0.5) is 0 Å². The summed E-state index contributed by atoms with van der Waals surface area (Å²) in [5.41, 5.74) is 2.43. The van der Waals surface area contributed by atoms with Gasteiger partial charge in [-0.2, -0.15) is 0 Å². The normalized spacial score (nSPS) is 11.7. The smallest absolute Gasteiger partial charge is 0.302 e. The van der Waals surface area contributed by atoms with Gasteiger partial charge in [0.1, 0.15) is 5.75 Å². The van der Waals surface area contributed by atoms with Gasteiger partial charge in [0.2, 0.25) is 0 Å². The van der Waals surface area contributed by atoms with Gasteiger partial charge in [-0.05, 0) is 30.0 Å². The van der Waals surface area contributed by atoms with E-state index in [-0.39, 0.29) is 5.97 Å². The van der Waals surface area contributed by atoms with E-state index >= 15 is 0 Å². The first kappa shape index (κ1) is 15.6. The van der Waals surface area contributed by atoms with Gasteiger partial charge in [0, 0.05) is 24.2 Å². The highest BCUT2D eigenvalue weighted by atomic mass is 28.3. The van der Waals surface area contributed by atoms with Crippen molar-refractivity contribution in [2.45, 2.75) is 33.0 Å². The van der Waals surface area contributed by atoms with Crippen LogP contribution in [-0.2, 0) is 16.0 Å². The molecule has 0 saturated carbocycles. The third kappa shape index (κ3) is 3.47. The average Bonchev–Trinajstić information content (AvgIpc) is 2.76. The fourth-order valence-corrected chi connectivity index (χ4v) is 3.92. The summed E-state index contributed by atoms with van der Waals surface area (Å²) >= 11 is 0. The molecule has 0 unspecified atom stereocenters. The van der Waals surface area contributed by atoms with Gasteiger partial charge in [-0.25, -0.2) is 0 Å². The molecule has 0 atom stereocenters. The molecule has 0 aliphatic heterocycles. The molecule has 1 aromatic heterocycles. The molecule has 1 heterocycles. The minimum atomic E-state index is -1.50. The van der Waals surface area contributed by atoms with Gasteiger partial charge >= 0.3 is 5.97 Å². The van der Waals surface area contributed by atoms with Gasteiger partial charge in [0.25, 0.3) is 0 Å². The SMILES string of the molecule is COc1ccc2c(c1)c(CCOC(C)=O)cn2[Si](C)(C)C. The van der Waals surface area contributed by atoms with Crippen molar-refractivity contribution >= 4 is 25.1 Å². The molecule has 114 valence electrons. The molecule has 0 aliphatic rings. The Kier molecular flexibility index (Phi) is 4.42. The lowest BCUT2D eigenvalue weighted by Crippen LogP contribution is -2.31. The van der Waals surface area contributed by atoms with Crippen LogP contribution in [0.3, 0.4) is 0 Å². The van der Waals surface area contributed by atoms with Gasteiger partial charge < -0.3 is 13.7 Å². The first-order valence-corrected chi connectivity index (χ1v) is 10.6. The van der Waals surface area contributed by atoms with Crippen LogP contribution >= 0.6 is 0 Å². The number of hydrogen-bond acceptors (Lipinski definition) is 3. The minimum Gasteiger partial charge on any atom is -0.497 e. The first-order valence-electron chi connectivity index (χ1n) is 7.14. The lowest BCUT2D eigenvalue weighted by Gasteiger charge is -2.20. The van der Waals surface area contributed by atoms with Gasteiger partial charge in [0.05, 0.1) is 13.7 Å². The van der Waals surface area contributed by atoms with E-state index in [4.69, 9.17) is 9.47 Å². The van der Waals surface area contributed by atoms with E-state index < -0.39 is 8.24 Å².